The molecule has 0 N–H and O–H groups in total. The quantitative estimate of drug-likeness (QED) is 0.404. The molecule has 3 aromatic rings. The van der Waals surface area contributed by atoms with E-state index in [9.17, 15) is 13.2 Å². The van der Waals surface area contributed by atoms with Gasteiger partial charge in [-0.1, -0.05) is 29.8 Å². The molecule has 0 aliphatic carbocycles. The standard InChI is InChI=1S/C26H29NO5S/c1-19-8-15-24(16-9-19)33(29,30)27(22-11-13-23(31-4)14-12-22)26(28)6-5-17-32-25-18-20(2)7-10-21(25)3/h7-16,18H,5-6,17H2,1-4H3. The molecule has 3 aromatic carbocycles. The molecule has 0 aliphatic heterocycles. The minimum atomic E-state index is -4.09. The Morgan fingerprint density at radius 2 is 1.52 bits per heavy atom. The van der Waals surface area contributed by atoms with Crippen molar-refractivity contribution in [3.8, 4) is 11.5 Å². The van der Waals surface area contributed by atoms with Gasteiger partial charge in [0.2, 0.25) is 5.91 Å². The van der Waals surface area contributed by atoms with E-state index < -0.39 is 15.9 Å². The van der Waals surface area contributed by atoms with Crippen molar-refractivity contribution in [1.82, 2.24) is 0 Å². The van der Waals surface area contributed by atoms with E-state index in [4.69, 9.17) is 9.47 Å². The number of sulfonamides is 1. The summed E-state index contributed by atoms with van der Waals surface area (Å²) in [6.45, 7) is 6.12. The van der Waals surface area contributed by atoms with E-state index in [0.29, 0.717) is 18.8 Å². The number of aryl methyl sites for hydroxylation is 3. The molecule has 0 saturated carbocycles. The maximum absolute atomic E-state index is 13.4. The largest absolute Gasteiger partial charge is 0.497 e. The normalized spacial score (nSPS) is 11.2. The van der Waals surface area contributed by atoms with Crippen LogP contribution in [-0.2, 0) is 14.8 Å². The van der Waals surface area contributed by atoms with Gasteiger partial charge in [-0.25, -0.2) is 12.7 Å². The molecule has 7 heteroatoms. The Bertz CT molecular complexity index is 1200. The Hall–Kier alpha value is -3.32. The van der Waals surface area contributed by atoms with Crippen LogP contribution >= 0.6 is 0 Å². The molecule has 0 aromatic heterocycles. The highest BCUT2D eigenvalue weighted by Crippen LogP contribution is 2.27. The van der Waals surface area contributed by atoms with Gasteiger partial charge in [0.15, 0.2) is 0 Å². The average molecular weight is 468 g/mol. The van der Waals surface area contributed by atoms with Crippen LogP contribution in [-0.4, -0.2) is 28.0 Å². The van der Waals surface area contributed by atoms with Gasteiger partial charge < -0.3 is 9.47 Å². The van der Waals surface area contributed by atoms with Crippen LogP contribution in [0.25, 0.3) is 0 Å². The van der Waals surface area contributed by atoms with Crippen molar-refractivity contribution in [3.63, 3.8) is 0 Å². The summed E-state index contributed by atoms with van der Waals surface area (Å²) in [6, 6.07) is 18.8. The number of benzene rings is 3. The van der Waals surface area contributed by atoms with Crippen LogP contribution in [0.3, 0.4) is 0 Å². The summed E-state index contributed by atoms with van der Waals surface area (Å²) in [5, 5.41) is 0. The van der Waals surface area contributed by atoms with Crippen LogP contribution in [0.1, 0.15) is 29.5 Å². The highest BCUT2D eigenvalue weighted by molar-refractivity contribution is 7.93. The molecule has 0 spiro atoms. The first-order valence-electron chi connectivity index (χ1n) is 10.7. The summed E-state index contributed by atoms with van der Waals surface area (Å²) in [4.78, 5) is 13.2. The van der Waals surface area contributed by atoms with E-state index in [1.165, 1.54) is 19.2 Å². The Kier molecular flexibility index (Phi) is 7.76. The number of carbonyl (C=O) groups is 1. The summed E-state index contributed by atoms with van der Waals surface area (Å²) in [5.41, 5.74) is 3.28. The van der Waals surface area contributed by atoms with Crippen molar-refractivity contribution in [2.45, 2.75) is 38.5 Å². The van der Waals surface area contributed by atoms with Crippen LogP contribution in [0.5, 0.6) is 11.5 Å². The molecule has 0 fully saturated rings. The Morgan fingerprint density at radius 3 is 2.15 bits per heavy atom. The lowest BCUT2D eigenvalue weighted by Crippen LogP contribution is -2.37. The second-order valence-corrected chi connectivity index (χ2v) is 9.68. The Labute approximate surface area is 195 Å². The number of nitrogens with zero attached hydrogens (tertiary/aromatic N) is 1. The average Bonchev–Trinajstić information content (AvgIpc) is 2.79. The number of hydrogen-bond acceptors (Lipinski definition) is 5. The monoisotopic (exact) mass is 467 g/mol. The number of ether oxygens (including phenoxy) is 2. The third-order valence-electron chi connectivity index (χ3n) is 5.23. The first kappa shape index (κ1) is 24.3. The second kappa shape index (κ2) is 10.5. The van der Waals surface area contributed by atoms with E-state index >= 15 is 0 Å². The highest BCUT2D eigenvalue weighted by atomic mass is 32.2. The van der Waals surface area contributed by atoms with Gasteiger partial charge in [0.1, 0.15) is 11.5 Å². The molecule has 174 valence electrons. The summed E-state index contributed by atoms with van der Waals surface area (Å²) in [5.74, 6) is 0.813. The SMILES string of the molecule is COc1ccc(N(C(=O)CCCOc2cc(C)ccc2C)S(=O)(=O)c2ccc(C)cc2)cc1. The van der Waals surface area contributed by atoms with Crippen LogP contribution in [0.4, 0.5) is 5.69 Å². The van der Waals surface area contributed by atoms with E-state index in [0.717, 1.165) is 26.7 Å². The molecule has 0 atom stereocenters. The maximum atomic E-state index is 13.4. The van der Waals surface area contributed by atoms with Crippen LogP contribution in [0.2, 0.25) is 0 Å². The first-order valence-corrected chi connectivity index (χ1v) is 12.2. The van der Waals surface area contributed by atoms with Gasteiger partial charge in [0, 0.05) is 6.42 Å². The zero-order valence-corrected chi connectivity index (χ0v) is 20.2. The third-order valence-corrected chi connectivity index (χ3v) is 6.99. The molecular formula is C26H29NO5S. The molecule has 0 aliphatic rings. The molecule has 0 radical (unpaired) electrons. The first-order chi connectivity index (χ1) is 15.7. The van der Waals surface area contributed by atoms with Crippen molar-refractivity contribution in [2.75, 3.05) is 18.0 Å². The predicted molar refractivity (Wildman–Crippen MR) is 129 cm³/mol. The molecule has 0 bridgehead atoms. The van der Waals surface area contributed by atoms with Crippen LogP contribution in [0, 0.1) is 20.8 Å². The number of methoxy groups -OCH3 is 1. The van der Waals surface area contributed by atoms with E-state index in [-0.39, 0.29) is 17.0 Å². The third kappa shape index (κ3) is 5.93. The lowest BCUT2D eigenvalue weighted by Gasteiger charge is -2.23. The Balaban J connectivity index is 1.80. The van der Waals surface area contributed by atoms with Crippen LogP contribution in [0.15, 0.2) is 71.6 Å². The summed E-state index contributed by atoms with van der Waals surface area (Å²) >= 11 is 0. The van der Waals surface area contributed by atoms with Gasteiger partial charge in [-0.15, -0.1) is 0 Å². The number of hydrogen-bond donors (Lipinski definition) is 0. The fraction of sp³-hybridized carbons (Fsp3) is 0.269. The molecule has 3 rings (SSSR count). The van der Waals surface area contributed by atoms with Gasteiger partial charge in [-0.05, 0) is 80.8 Å². The minimum absolute atomic E-state index is 0.0159. The minimum Gasteiger partial charge on any atom is -0.497 e. The van der Waals surface area contributed by atoms with Crippen molar-refractivity contribution in [1.29, 1.82) is 0 Å². The van der Waals surface area contributed by atoms with Gasteiger partial charge >= 0.3 is 0 Å². The molecule has 0 unspecified atom stereocenters. The number of rotatable bonds is 9. The lowest BCUT2D eigenvalue weighted by molar-refractivity contribution is -0.117. The molecule has 1 amide bonds. The number of carbonyl (C=O) groups excluding carboxylic acids is 1. The van der Waals surface area contributed by atoms with E-state index in [2.05, 4.69) is 0 Å². The second-order valence-electron chi connectivity index (χ2n) is 7.90. The summed E-state index contributed by atoms with van der Waals surface area (Å²) < 4.78 is 38.7. The molecule has 33 heavy (non-hydrogen) atoms. The van der Waals surface area contributed by atoms with Crippen molar-refractivity contribution >= 4 is 21.6 Å². The smallest absolute Gasteiger partial charge is 0.270 e. The zero-order valence-electron chi connectivity index (χ0n) is 19.4. The maximum Gasteiger partial charge on any atom is 0.270 e. The number of anilines is 1. The van der Waals surface area contributed by atoms with Crippen molar-refractivity contribution < 1.29 is 22.7 Å². The molecule has 6 nitrogen and oxygen atoms in total. The van der Waals surface area contributed by atoms with E-state index in [1.54, 1.807) is 36.4 Å². The van der Waals surface area contributed by atoms with Gasteiger partial charge in [-0.2, -0.15) is 0 Å². The number of amides is 1. The highest BCUT2D eigenvalue weighted by Gasteiger charge is 2.30. The van der Waals surface area contributed by atoms with Gasteiger partial charge in [-0.3, -0.25) is 4.79 Å². The predicted octanol–water partition coefficient (Wildman–Crippen LogP) is 5.20. The fourth-order valence-electron chi connectivity index (χ4n) is 3.32. The molecule has 0 heterocycles. The van der Waals surface area contributed by atoms with Crippen LogP contribution < -0.4 is 13.8 Å². The zero-order chi connectivity index (χ0) is 24.0. The van der Waals surface area contributed by atoms with Gasteiger partial charge in [0.05, 0.1) is 24.3 Å². The van der Waals surface area contributed by atoms with Gasteiger partial charge in [0.25, 0.3) is 10.0 Å². The van der Waals surface area contributed by atoms with Crippen molar-refractivity contribution in [3.05, 3.63) is 83.4 Å². The Morgan fingerprint density at radius 1 is 0.879 bits per heavy atom. The summed E-state index contributed by atoms with van der Waals surface area (Å²) in [7, 11) is -2.56. The molecule has 0 saturated heterocycles. The van der Waals surface area contributed by atoms with E-state index in [1.807, 2.05) is 39.0 Å². The fourth-order valence-corrected chi connectivity index (χ4v) is 4.77. The van der Waals surface area contributed by atoms with Crippen molar-refractivity contribution in [2.24, 2.45) is 0 Å². The lowest BCUT2D eigenvalue weighted by atomic mass is 10.1. The summed E-state index contributed by atoms with van der Waals surface area (Å²) in [6.07, 6.45) is 0.393. The topological polar surface area (TPSA) is 72.9 Å². The molecular weight excluding hydrogens is 438 g/mol.